The van der Waals surface area contributed by atoms with E-state index >= 15 is 0 Å². The zero-order chi connectivity index (χ0) is 19.3. The smallest absolute Gasteiger partial charge is 0.253 e. The molecule has 0 radical (unpaired) electrons. The van der Waals surface area contributed by atoms with Crippen molar-refractivity contribution >= 4 is 15.9 Å². The Balaban J connectivity index is 2.08. The van der Waals surface area contributed by atoms with Crippen LogP contribution in [0.2, 0.25) is 0 Å². The number of carbonyl (C=O) groups excluding carboxylic acids is 1. The van der Waals surface area contributed by atoms with Crippen LogP contribution in [0.5, 0.6) is 5.75 Å². The lowest BCUT2D eigenvalue weighted by Gasteiger charge is -2.18. The molecular weight excluding hydrogens is 352 g/mol. The fourth-order valence-electron chi connectivity index (χ4n) is 2.45. The number of nitrogens with zero attached hydrogens (tertiary/aromatic N) is 1. The molecule has 0 unspecified atom stereocenters. The van der Waals surface area contributed by atoms with Crippen LogP contribution in [0.25, 0.3) is 0 Å². The average molecular weight is 376 g/mol. The number of nitrogens with one attached hydrogen (secondary N) is 1. The summed E-state index contributed by atoms with van der Waals surface area (Å²) in [5.74, 6) is 0.580. The highest BCUT2D eigenvalue weighted by atomic mass is 32.2. The van der Waals surface area contributed by atoms with E-state index in [4.69, 9.17) is 4.74 Å². The molecule has 0 bridgehead atoms. The van der Waals surface area contributed by atoms with Crippen LogP contribution in [0.3, 0.4) is 0 Å². The molecule has 2 rings (SSSR count). The minimum atomic E-state index is -3.56. The summed E-state index contributed by atoms with van der Waals surface area (Å²) in [6.45, 7) is 3.95. The molecule has 0 saturated carbocycles. The number of methoxy groups -OCH3 is 1. The van der Waals surface area contributed by atoms with Crippen LogP contribution in [0.15, 0.2) is 53.4 Å². The van der Waals surface area contributed by atoms with Crippen LogP contribution in [0, 0.1) is 0 Å². The van der Waals surface area contributed by atoms with Crippen LogP contribution >= 0.6 is 0 Å². The van der Waals surface area contributed by atoms with E-state index in [1.165, 1.54) is 24.3 Å². The van der Waals surface area contributed by atoms with Crippen molar-refractivity contribution in [2.45, 2.75) is 31.3 Å². The van der Waals surface area contributed by atoms with Gasteiger partial charge in [-0.2, -0.15) is 0 Å². The highest BCUT2D eigenvalue weighted by Gasteiger charge is 2.17. The van der Waals surface area contributed by atoms with E-state index in [2.05, 4.69) is 4.72 Å². The predicted molar refractivity (Wildman–Crippen MR) is 101 cm³/mol. The van der Waals surface area contributed by atoms with E-state index < -0.39 is 10.0 Å². The number of carbonyl (C=O) groups is 1. The molecular formula is C19H24N2O4S. The minimum Gasteiger partial charge on any atom is -0.497 e. The van der Waals surface area contributed by atoms with Gasteiger partial charge in [0.15, 0.2) is 0 Å². The topological polar surface area (TPSA) is 75.7 Å². The first kappa shape index (κ1) is 19.9. The van der Waals surface area contributed by atoms with Gasteiger partial charge in [-0.05, 0) is 55.8 Å². The second-order valence-electron chi connectivity index (χ2n) is 6.31. The zero-order valence-electron chi connectivity index (χ0n) is 15.4. The summed E-state index contributed by atoms with van der Waals surface area (Å²) < 4.78 is 31.9. The molecule has 0 heterocycles. The lowest BCUT2D eigenvalue weighted by molar-refractivity contribution is 0.0785. The van der Waals surface area contributed by atoms with Crippen LogP contribution < -0.4 is 9.46 Å². The molecule has 6 nitrogen and oxygen atoms in total. The standard InChI is InChI=1S/C19H24N2O4S/c1-14(2)20-26(23,24)18-11-7-16(8-12-18)19(22)21(3)13-15-5-9-17(25-4)10-6-15/h5-12,14,20H,13H2,1-4H3. The third-order valence-corrected chi connectivity index (χ3v) is 5.40. The van der Waals surface area contributed by atoms with Crippen molar-refractivity contribution in [3.05, 3.63) is 59.7 Å². The van der Waals surface area contributed by atoms with Crippen molar-refractivity contribution in [3.8, 4) is 5.75 Å². The zero-order valence-corrected chi connectivity index (χ0v) is 16.2. The lowest BCUT2D eigenvalue weighted by Crippen LogP contribution is -2.30. The number of hydrogen-bond acceptors (Lipinski definition) is 4. The maximum absolute atomic E-state index is 12.5. The maximum Gasteiger partial charge on any atom is 0.253 e. The van der Waals surface area contributed by atoms with E-state index in [0.29, 0.717) is 12.1 Å². The van der Waals surface area contributed by atoms with Crippen molar-refractivity contribution < 1.29 is 17.9 Å². The lowest BCUT2D eigenvalue weighted by atomic mass is 10.1. The molecule has 2 aromatic rings. The van der Waals surface area contributed by atoms with Gasteiger partial charge >= 0.3 is 0 Å². The quantitative estimate of drug-likeness (QED) is 0.806. The first-order valence-corrected chi connectivity index (χ1v) is 9.72. The summed E-state index contributed by atoms with van der Waals surface area (Å²) in [5, 5.41) is 0. The van der Waals surface area contributed by atoms with Crippen LogP contribution in [-0.4, -0.2) is 39.4 Å². The molecule has 0 spiro atoms. The molecule has 0 aromatic heterocycles. The second-order valence-corrected chi connectivity index (χ2v) is 8.02. The number of benzene rings is 2. The summed E-state index contributed by atoms with van der Waals surface area (Å²) >= 11 is 0. The Morgan fingerprint density at radius 2 is 1.65 bits per heavy atom. The van der Waals surface area contributed by atoms with Crippen molar-refractivity contribution in [1.82, 2.24) is 9.62 Å². The number of sulfonamides is 1. The van der Waals surface area contributed by atoms with Gasteiger partial charge in [-0.1, -0.05) is 12.1 Å². The largest absolute Gasteiger partial charge is 0.497 e. The number of rotatable bonds is 7. The SMILES string of the molecule is COc1ccc(CN(C)C(=O)c2ccc(S(=O)(=O)NC(C)C)cc2)cc1. The average Bonchev–Trinajstić information content (AvgIpc) is 2.60. The van der Waals surface area contributed by atoms with Gasteiger partial charge in [0, 0.05) is 25.2 Å². The van der Waals surface area contributed by atoms with Gasteiger partial charge in [0.1, 0.15) is 5.75 Å². The fraction of sp³-hybridized carbons (Fsp3) is 0.316. The molecule has 140 valence electrons. The van der Waals surface area contributed by atoms with E-state index in [1.807, 2.05) is 24.3 Å². The van der Waals surface area contributed by atoms with E-state index in [9.17, 15) is 13.2 Å². The van der Waals surface area contributed by atoms with Gasteiger partial charge in [0.2, 0.25) is 10.0 Å². The first-order valence-electron chi connectivity index (χ1n) is 8.23. The predicted octanol–water partition coefficient (Wildman–Crippen LogP) is 2.65. The minimum absolute atomic E-state index is 0.139. The fourth-order valence-corrected chi connectivity index (χ4v) is 3.70. The van der Waals surface area contributed by atoms with Crippen molar-refractivity contribution in [3.63, 3.8) is 0 Å². The maximum atomic E-state index is 12.5. The molecule has 2 aromatic carbocycles. The molecule has 0 aliphatic heterocycles. The van der Waals surface area contributed by atoms with Gasteiger partial charge < -0.3 is 9.64 Å². The highest BCUT2D eigenvalue weighted by Crippen LogP contribution is 2.15. The Bertz CT molecular complexity index is 844. The van der Waals surface area contributed by atoms with Gasteiger partial charge in [0.25, 0.3) is 5.91 Å². The van der Waals surface area contributed by atoms with Gasteiger partial charge in [-0.25, -0.2) is 13.1 Å². The number of hydrogen-bond donors (Lipinski definition) is 1. The number of ether oxygens (including phenoxy) is 1. The third kappa shape index (κ3) is 5.06. The van der Waals surface area contributed by atoms with Crippen LogP contribution in [-0.2, 0) is 16.6 Å². The van der Waals surface area contributed by atoms with Gasteiger partial charge in [-0.15, -0.1) is 0 Å². The van der Waals surface area contributed by atoms with Gasteiger partial charge in [0.05, 0.1) is 12.0 Å². The molecule has 0 atom stereocenters. The van der Waals surface area contributed by atoms with E-state index in [0.717, 1.165) is 11.3 Å². The van der Waals surface area contributed by atoms with Crippen molar-refractivity contribution in [2.75, 3.05) is 14.2 Å². The first-order chi connectivity index (χ1) is 12.2. The summed E-state index contributed by atoms with van der Waals surface area (Å²) in [5.41, 5.74) is 1.41. The van der Waals surface area contributed by atoms with Crippen molar-refractivity contribution in [2.24, 2.45) is 0 Å². The Hall–Kier alpha value is -2.38. The Morgan fingerprint density at radius 3 is 2.15 bits per heavy atom. The summed E-state index contributed by atoms with van der Waals surface area (Å²) in [6, 6.07) is 13.2. The molecule has 1 N–H and O–H groups in total. The Labute approximate surface area is 154 Å². The molecule has 0 saturated heterocycles. The van der Waals surface area contributed by atoms with Crippen LogP contribution in [0.4, 0.5) is 0 Å². The van der Waals surface area contributed by atoms with Gasteiger partial charge in [-0.3, -0.25) is 4.79 Å². The molecule has 1 amide bonds. The monoisotopic (exact) mass is 376 g/mol. The molecule has 26 heavy (non-hydrogen) atoms. The number of amides is 1. The van der Waals surface area contributed by atoms with E-state index in [-0.39, 0.29) is 16.8 Å². The normalized spacial score (nSPS) is 11.4. The molecule has 0 aliphatic rings. The molecule has 0 fully saturated rings. The Morgan fingerprint density at radius 1 is 1.08 bits per heavy atom. The second kappa shape index (κ2) is 8.33. The molecule has 0 aliphatic carbocycles. The van der Waals surface area contributed by atoms with Crippen molar-refractivity contribution in [1.29, 1.82) is 0 Å². The van der Waals surface area contributed by atoms with E-state index in [1.54, 1.807) is 32.9 Å². The summed E-state index contributed by atoms with van der Waals surface area (Å²) in [6.07, 6.45) is 0. The highest BCUT2D eigenvalue weighted by molar-refractivity contribution is 7.89. The molecule has 7 heteroatoms. The summed E-state index contributed by atoms with van der Waals surface area (Å²) in [7, 11) is -0.256. The van der Waals surface area contributed by atoms with Crippen LogP contribution in [0.1, 0.15) is 29.8 Å². The Kier molecular flexibility index (Phi) is 6.39. The summed E-state index contributed by atoms with van der Waals surface area (Å²) in [4.78, 5) is 14.3. The third-order valence-electron chi connectivity index (χ3n) is 3.73.